The maximum atomic E-state index is 2.52. The van der Waals surface area contributed by atoms with Crippen LogP contribution in [0.4, 0.5) is 17.1 Å². The highest BCUT2D eigenvalue weighted by Crippen LogP contribution is 2.58. The van der Waals surface area contributed by atoms with Gasteiger partial charge in [-0.15, -0.1) is 5.46 Å². The molecule has 6 heteroatoms. The molecule has 10 rings (SSSR count). The van der Waals surface area contributed by atoms with E-state index in [2.05, 4.69) is 238 Å². The van der Waals surface area contributed by atoms with Gasteiger partial charge >= 0.3 is 0 Å². The average Bonchev–Trinajstić information content (AvgIpc) is 3.59. The third-order valence-electron chi connectivity index (χ3n) is 13.3. The maximum Gasteiger partial charge on any atom is 0.141 e. The van der Waals surface area contributed by atoms with E-state index in [1.54, 1.807) is 0 Å². The highest BCUT2D eigenvalue weighted by Gasteiger charge is 2.46. The van der Waals surface area contributed by atoms with Gasteiger partial charge in [0.25, 0.3) is 0 Å². The molecule has 0 aliphatic heterocycles. The number of anilines is 3. The minimum atomic E-state index is -0.544. The summed E-state index contributed by atoms with van der Waals surface area (Å²) in [7, 11) is 11.4. The van der Waals surface area contributed by atoms with Crippen LogP contribution in [0.15, 0.2) is 194 Å². The van der Waals surface area contributed by atoms with Crippen molar-refractivity contribution in [2.45, 2.75) is 5.41 Å². The van der Waals surface area contributed by atoms with Crippen LogP contribution in [0, 0.1) is 0 Å². The summed E-state index contributed by atoms with van der Waals surface area (Å²) in [5.74, 6) is 0. The summed E-state index contributed by atoms with van der Waals surface area (Å²) in [6, 6.07) is 72.0. The molecule has 1 aliphatic carbocycles. The fourth-order valence-corrected chi connectivity index (χ4v) is 9.83. The van der Waals surface area contributed by atoms with Crippen molar-refractivity contribution in [3.63, 3.8) is 0 Å². The smallest absolute Gasteiger partial charge is 0.141 e. The van der Waals surface area contributed by atoms with E-state index in [0.717, 1.165) is 11.4 Å². The van der Waals surface area contributed by atoms with Gasteiger partial charge < -0.3 is 4.90 Å². The molecule has 0 N–H and O–H groups in total. The van der Waals surface area contributed by atoms with E-state index in [0.29, 0.717) is 0 Å². The Hall–Kier alpha value is -6.64. The molecule has 0 saturated heterocycles. The van der Waals surface area contributed by atoms with E-state index in [1.165, 1.54) is 99.4 Å². The molecule has 1 nitrogen and oxygen atoms in total. The lowest BCUT2D eigenvalue weighted by molar-refractivity contribution is 0.768. The van der Waals surface area contributed by atoms with Gasteiger partial charge in [0, 0.05) is 17.1 Å². The van der Waals surface area contributed by atoms with Gasteiger partial charge in [-0.25, -0.2) is 0 Å². The zero-order valence-corrected chi connectivity index (χ0v) is 34.4. The maximum absolute atomic E-state index is 2.52. The minimum Gasteiger partial charge on any atom is -0.312 e. The van der Waals surface area contributed by atoms with Crippen LogP contribution in [0.3, 0.4) is 0 Å². The summed E-state index contributed by atoms with van der Waals surface area (Å²) in [5, 5.41) is 2.51. The van der Waals surface area contributed by atoms with E-state index in [9.17, 15) is 0 Å². The Morgan fingerprint density at radius 3 is 1.46 bits per heavy atom. The molecule has 0 heterocycles. The van der Waals surface area contributed by atoms with Crippen LogP contribution in [0.2, 0.25) is 0 Å². The summed E-state index contributed by atoms with van der Waals surface area (Å²) in [6.07, 6.45) is 0. The Balaban J connectivity index is 1.24. The van der Waals surface area contributed by atoms with Gasteiger partial charge in [0.15, 0.2) is 0 Å². The Kier molecular flexibility index (Phi) is 9.10. The highest BCUT2D eigenvalue weighted by molar-refractivity contribution is 6.69. The van der Waals surface area contributed by atoms with Crippen LogP contribution in [-0.2, 0) is 5.41 Å². The molecule has 0 fully saturated rings. The molecule has 59 heavy (non-hydrogen) atoms. The normalized spacial score (nSPS) is 12.5. The highest BCUT2D eigenvalue weighted by atomic mass is 15.1. The van der Waals surface area contributed by atoms with Crippen molar-refractivity contribution in [1.82, 2.24) is 0 Å². The predicted molar refractivity (Wildman–Crippen MR) is 268 cm³/mol. The number of rotatable bonds is 7. The van der Waals surface area contributed by atoms with Crippen molar-refractivity contribution in [3.05, 3.63) is 216 Å². The van der Waals surface area contributed by atoms with Gasteiger partial charge in [0.05, 0.1) is 5.41 Å². The van der Waals surface area contributed by atoms with Crippen molar-refractivity contribution >= 4 is 94.4 Å². The molecule has 0 bridgehead atoms. The third-order valence-corrected chi connectivity index (χ3v) is 13.3. The monoisotopic (exact) mass is 747 g/mol. The summed E-state index contributed by atoms with van der Waals surface area (Å²) in [6.45, 7) is 0. The lowest BCUT2D eigenvalue weighted by Gasteiger charge is -2.36. The zero-order valence-electron chi connectivity index (χ0n) is 34.4. The summed E-state index contributed by atoms with van der Waals surface area (Å²) in [4.78, 5) is 2.52. The molecule has 9 aromatic rings. The number of hydrogen-bond donors (Lipinski definition) is 0. The van der Waals surface area contributed by atoms with Crippen molar-refractivity contribution in [2.24, 2.45) is 0 Å². The Bertz CT molecular complexity index is 2970. The largest absolute Gasteiger partial charge is 0.312 e. The fourth-order valence-electron chi connectivity index (χ4n) is 9.83. The van der Waals surface area contributed by atoms with E-state index in [-0.39, 0.29) is 0 Å². The van der Waals surface area contributed by atoms with Crippen LogP contribution in [0.25, 0.3) is 44.2 Å². The van der Waals surface area contributed by atoms with Crippen LogP contribution < -0.4 is 32.2 Å². The van der Waals surface area contributed by atoms with Crippen LogP contribution in [0.1, 0.15) is 22.3 Å². The fraction of sp³-hybridized carbons (Fsp3) is 0.0189. The summed E-state index contributed by atoms with van der Waals surface area (Å²) >= 11 is 0. The molecular formula is C53H42B5N. The Morgan fingerprint density at radius 1 is 0.322 bits per heavy atom. The van der Waals surface area contributed by atoms with Crippen molar-refractivity contribution < 1.29 is 0 Å². The van der Waals surface area contributed by atoms with Crippen molar-refractivity contribution in [2.75, 3.05) is 4.90 Å². The number of hydrogen-bond acceptors (Lipinski definition) is 1. The molecule has 0 atom stereocenters. The number of nitrogens with zero attached hydrogens (tertiary/aromatic N) is 1. The standard InChI is InChI=1S/C53H42B5N/c54-47-48(55)50(57)52(51(58)49(47)56)59(41-25-22-35(23-26-41)33-12-4-1-5-13-33)42-27-28-43-44-31-38(37-21-20-34-14-10-11-15-36(34)30-37)24-29-45(44)53(46(43)32-42,39-16-6-2-7-17-39)40-18-8-3-9-19-40/h1-32H,54-58H2. The zero-order chi connectivity index (χ0) is 40.3. The molecule has 1 aliphatic rings. The predicted octanol–water partition coefficient (Wildman–Crippen LogP) is 5.30. The lowest BCUT2D eigenvalue weighted by Crippen LogP contribution is -2.56. The van der Waals surface area contributed by atoms with E-state index in [4.69, 9.17) is 0 Å². The van der Waals surface area contributed by atoms with E-state index < -0.39 is 5.41 Å². The van der Waals surface area contributed by atoms with Crippen LogP contribution >= 0.6 is 0 Å². The quantitative estimate of drug-likeness (QED) is 0.201. The second-order valence-electron chi connectivity index (χ2n) is 16.3. The third kappa shape index (κ3) is 5.92. The Labute approximate surface area is 352 Å². The Morgan fingerprint density at radius 2 is 0.814 bits per heavy atom. The van der Waals surface area contributed by atoms with Crippen molar-refractivity contribution in [3.8, 4) is 33.4 Å². The molecule has 0 radical (unpaired) electrons. The van der Waals surface area contributed by atoms with Gasteiger partial charge in [-0.3, -0.25) is 0 Å². The van der Waals surface area contributed by atoms with E-state index >= 15 is 0 Å². The topological polar surface area (TPSA) is 3.24 Å². The first-order chi connectivity index (χ1) is 28.8. The molecule has 0 amide bonds. The van der Waals surface area contributed by atoms with Gasteiger partial charge in [0.2, 0.25) is 0 Å². The number of benzene rings is 9. The van der Waals surface area contributed by atoms with Crippen molar-refractivity contribution in [1.29, 1.82) is 0 Å². The summed E-state index contributed by atoms with van der Waals surface area (Å²) in [5.41, 5.74) is 22.2. The molecule has 0 aromatic heterocycles. The average molecular weight is 747 g/mol. The minimum absolute atomic E-state index is 0.544. The molecule has 0 saturated carbocycles. The molecule has 9 aromatic carbocycles. The van der Waals surface area contributed by atoms with Gasteiger partial charge in [-0.2, -0.15) is 0 Å². The van der Waals surface area contributed by atoms with Crippen LogP contribution in [-0.4, -0.2) is 39.2 Å². The second kappa shape index (κ2) is 14.6. The molecular weight excluding hydrogens is 705 g/mol. The molecule has 0 unspecified atom stereocenters. The second-order valence-corrected chi connectivity index (χ2v) is 16.3. The van der Waals surface area contributed by atoms with Gasteiger partial charge in [-0.1, -0.05) is 180 Å². The van der Waals surface area contributed by atoms with E-state index in [1.807, 2.05) is 0 Å². The lowest BCUT2D eigenvalue weighted by atomic mass is 9.61. The molecule has 0 spiro atoms. The van der Waals surface area contributed by atoms with Gasteiger partial charge in [-0.05, 0) is 103 Å². The first-order valence-corrected chi connectivity index (χ1v) is 20.8. The first-order valence-electron chi connectivity index (χ1n) is 20.8. The van der Waals surface area contributed by atoms with Gasteiger partial charge in [0.1, 0.15) is 39.2 Å². The SMILES string of the molecule is Bc1c(B)c(B)c(N(c2ccc(-c3ccccc3)cc2)c2ccc3c(c2)C(c2ccccc2)(c2ccccc2)c2ccc(-c4ccc5ccccc5c4)cc2-3)c(B)c1B. The van der Waals surface area contributed by atoms with Crippen LogP contribution in [0.5, 0.6) is 0 Å². The summed E-state index contributed by atoms with van der Waals surface area (Å²) < 4.78 is 0. The number of fused-ring (bicyclic) bond motifs is 4. The first kappa shape index (κ1) is 36.7. The molecule has 274 valence electrons.